The maximum absolute atomic E-state index is 2.49. The molecule has 0 spiro atoms. The van der Waals surface area contributed by atoms with Crippen LogP contribution in [0.25, 0.3) is 110 Å². The van der Waals surface area contributed by atoms with E-state index in [2.05, 4.69) is 292 Å². The summed E-state index contributed by atoms with van der Waals surface area (Å²) in [5.74, 6) is 0. The van der Waals surface area contributed by atoms with Gasteiger partial charge in [0.2, 0.25) is 0 Å². The van der Waals surface area contributed by atoms with E-state index in [0.29, 0.717) is 0 Å². The lowest BCUT2D eigenvalue weighted by molar-refractivity contribution is 0.660. The zero-order valence-electron chi connectivity index (χ0n) is 41.4. The Labute approximate surface area is 432 Å². The van der Waals surface area contributed by atoms with Gasteiger partial charge in [0.1, 0.15) is 0 Å². The van der Waals surface area contributed by atoms with Crippen molar-refractivity contribution in [1.82, 2.24) is 0 Å². The highest BCUT2D eigenvalue weighted by Crippen LogP contribution is 2.53. The Morgan fingerprint density at radius 1 is 0.230 bits per heavy atom. The summed E-state index contributed by atoms with van der Waals surface area (Å²) in [4.78, 5) is 2.37. The summed E-state index contributed by atoms with van der Waals surface area (Å²) < 4.78 is 0. The molecule has 0 atom stereocenters. The number of hydrogen-bond donors (Lipinski definition) is 0. The van der Waals surface area contributed by atoms with Gasteiger partial charge in [-0.1, -0.05) is 238 Å². The summed E-state index contributed by atoms with van der Waals surface area (Å²) in [6.45, 7) is 4.80. The van der Waals surface area contributed by atoms with Crippen LogP contribution >= 0.6 is 0 Å². The first-order valence-electron chi connectivity index (χ1n) is 25.8. The van der Waals surface area contributed by atoms with E-state index in [1.54, 1.807) is 0 Å². The third-order valence-corrected chi connectivity index (χ3v) is 15.8. The van der Waals surface area contributed by atoms with Crippen LogP contribution in [-0.4, -0.2) is 0 Å². The molecular weight excluding hydrogens is 891 g/mol. The Morgan fingerprint density at radius 2 is 0.568 bits per heavy atom. The van der Waals surface area contributed by atoms with E-state index in [1.165, 1.54) is 121 Å². The molecular formula is C73H51N. The van der Waals surface area contributed by atoms with E-state index >= 15 is 0 Å². The molecule has 0 saturated heterocycles. The van der Waals surface area contributed by atoms with Gasteiger partial charge in [-0.2, -0.15) is 0 Å². The fourth-order valence-electron chi connectivity index (χ4n) is 12.4. The lowest BCUT2D eigenvalue weighted by atomic mass is 9.80. The van der Waals surface area contributed by atoms with Crippen molar-refractivity contribution < 1.29 is 0 Å². The fourth-order valence-corrected chi connectivity index (χ4v) is 12.4. The van der Waals surface area contributed by atoms with Crippen LogP contribution in [0.1, 0.15) is 25.0 Å². The monoisotopic (exact) mass is 941 g/mol. The fraction of sp³-hybridized carbons (Fsp3) is 0.0411. The number of hydrogen-bond acceptors (Lipinski definition) is 1. The Morgan fingerprint density at radius 3 is 1.05 bits per heavy atom. The minimum absolute atomic E-state index is 0.230. The Hall–Kier alpha value is -9.30. The van der Waals surface area contributed by atoms with Crippen molar-refractivity contribution >= 4 is 60.2 Å². The molecule has 0 amide bonds. The van der Waals surface area contributed by atoms with Crippen LogP contribution in [0.2, 0.25) is 0 Å². The second-order valence-electron chi connectivity index (χ2n) is 20.3. The highest BCUT2D eigenvalue weighted by Gasteiger charge is 2.37. The molecule has 13 aromatic rings. The second kappa shape index (κ2) is 17.5. The van der Waals surface area contributed by atoms with Gasteiger partial charge < -0.3 is 4.90 Å². The second-order valence-corrected chi connectivity index (χ2v) is 20.3. The van der Waals surface area contributed by atoms with Crippen molar-refractivity contribution in [3.63, 3.8) is 0 Å². The smallest absolute Gasteiger partial charge is 0.0465 e. The van der Waals surface area contributed by atoms with Crippen molar-refractivity contribution in [1.29, 1.82) is 0 Å². The number of nitrogens with zero attached hydrogens (tertiary/aromatic N) is 1. The number of para-hydroxylation sites is 2. The van der Waals surface area contributed by atoms with Crippen molar-refractivity contribution in [2.75, 3.05) is 4.90 Å². The first kappa shape index (κ1) is 43.5. The van der Waals surface area contributed by atoms with Gasteiger partial charge in [0, 0.05) is 22.5 Å². The molecule has 74 heavy (non-hydrogen) atoms. The SMILES string of the molecule is CC1(C)c2cc(-c3c4ccccc4c(-c4ccc(-c5c6ccccc6c(-c6ccccc6)c6cc(-c7ccccc7)ccc56)cc4)c4ccccc34)ccc2-c2ccc(N(c3ccccc3)c3ccccc3)cc21. The highest BCUT2D eigenvalue weighted by molar-refractivity contribution is 6.23. The normalized spacial score (nSPS) is 12.6. The predicted molar refractivity (Wildman–Crippen MR) is 316 cm³/mol. The van der Waals surface area contributed by atoms with E-state index in [9.17, 15) is 0 Å². The molecule has 0 heterocycles. The summed E-state index contributed by atoms with van der Waals surface area (Å²) in [6, 6.07) is 101. The average Bonchev–Trinajstić information content (AvgIpc) is 3.69. The van der Waals surface area contributed by atoms with E-state index in [1.807, 2.05) is 0 Å². The maximum atomic E-state index is 2.49. The molecule has 0 bridgehead atoms. The number of rotatable bonds is 8. The Kier molecular flexibility index (Phi) is 10.3. The molecule has 0 aromatic heterocycles. The van der Waals surface area contributed by atoms with Gasteiger partial charge in [0.15, 0.2) is 0 Å². The van der Waals surface area contributed by atoms with E-state index in [4.69, 9.17) is 0 Å². The predicted octanol–water partition coefficient (Wildman–Crippen LogP) is 20.4. The zero-order chi connectivity index (χ0) is 49.3. The number of anilines is 3. The Balaban J connectivity index is 0.892. The van der Waals surface area contributed by atoms with E-state index in [0.717, 1.165) is 17.1 Å². The number of benzene rings is 13. The van der Waals surface area contributed by atoms with Crippen LogP contribution in [0.15, 0.2) is 273 Å². The van der Waals surface area contributed by atoms with Crippen molar-refractivity contribution in [2.24, 2.45) is 0 Å². The summed E-state index contributed by atoms with van der Waals surface area (Å²) in [7, 11) is 0. The molecule has 0 N–H and O–H groups in total. The summed E-state index contributed by atoms with van der Waals surface area (Å²) in [5.41, 5.74) is 20.9. The van der Waals surface area contributed by atoms with Gasteiger partial charge in [-0.3, -0.25) is 0 Å². The molecule has 14 rings (SSSR count). The first-order valence-corrected chi connectivity index (χ1v) is 25.8. The van der Waals surface area contributed by atoms with Gasteiger partial charge >= 0.3 is 0 Å². The lowest BCUT2D eigenvalue weighted by Crippen LogP contribution is -2.16. The lowest BCUT2D eigenvalue weighted by Gasteiger charge is -2.28. The standard InChI is InChI=1S/C73H51N/c1-73(2)67-46-53(40-42-57(67)58-44-41-56(47-68(58)73)74(54-25-11-5-12-26-54)55-27-13-6-14-28-55)72-63-33-19-16-30-60(63)69(61-31-17-20-34-64(61)72)50-35-37-51(38-36-50)70-59-29-15-18-32-62(59)71(49-23-9-4-10-24-49)66-45-52(39-43-65(66)70)48-21-7-3-8-22-48/h3-47H,1-2H3. The molecule has 1 aliphatic carbocycles. The molecule has 13 aromatic carbocycles. The molecule has 0 saturated carbocycles. The van der Waals surface area contributed by atoms with Gasteiger partial charge in [-0.25, -0.2) is 0 Å². The maximum Gasteiger partial charge on any atom is 0.0465 e. The van der Waals surface area contributed by atoms with Crippen molar-refractivity contribution in [3.05, 3.63) is 284 Å². The zero-order valence-corrected chi connectivity index (χ0v) is 41.4. The van der Waals surface area contributed by atoms with E-state index < -0.39 is 0 Å². The van der Waals surface area contributed by atoms with Crippen LogP contribution in [-0.2, 0) is 5.41 Å². The van der Waals surface area contributed by atoms with Crippen LogP contribution in [0, 0.1) is 0 Å². The largest absolute Gasteiger partial charge is 0.310 e. The van der Waals surface area contributed by atoms with Crippen LogP contribution in [0.3, 0.4) is 0 Å². The Bertz CT molecular complexity index is 4190. The molecule has 1 nitrogen and oxygen atoms in total. The summed E-state index contributed by atoms with van der Waals surface area (Å²) >= 11 is 0. The minimum Gasteiger partial charge on any atom is -0.310 e. The van der Waals surface area contributed by atoms with Crippen molar-refractivity contribution in [2.45, 2.75) is 19.3 Å². The highest BCUT2D eigenvalue weighted by atomic mass is 15.1. The third kappa shape index (κ3) is 7.00. The molecule has 1 aliphatic rings. The minimum atomic E-state index is -0.230. The molecule has 0 aliphatic heterocycles. The molecule has 348 valence electrons. The topological polar surface area (TPSA) is 3.24 Å². The molecule has 0 fully saturated rings. The van der Waals surface area contributed by atoms with Crippen LogP contribution in [0.4, 0.5) is 17.1 Å². The number of fused-ring (bicyclic) bond motifs is 7. The molecule has 0 radical (unpaired) electrons. The van der Waals surface area contributed by atoms with Gasteiger partial charge in [0.05, 0.1) is 0 Å². The van der Waals surface area contributed by atoms with Gasteiger partial charge in [-0.05, 0) is 170 Å². The van der Waals surface area contributed by atoms with Gasteiger partial charge in [0.25, 0.3) is 0 Å². The third-order valence-electron chi connectivity index (χ3n) is 15.8. The molecule has 0 unspecified atom stereocenters. The van der Waals surface area contributed by atoms with Crippen molar-refractivity contribution in [3.8, 4) is 66.8 Å². The van der Waals surface area contributed by atoms with Crippen LogP contribution < -0.4 is 4.90 Å². The average molecular weight is 942 g/mol. The quantitative estimate of drug-likeness (QED) is 0.137. The van der Waals surface area contributed by atoms with Crippen LogP contribution in [0.5, 0.6) is 0 Å². The first-order chi connectivity index (χ1) is 36.5. The summed E-state index contributed by atoms with van der Waals surface area (Å²) in [5, 5.41) is 10.0. The molecule has 1 heteroatoms. The van der Waals surface area contributed by atoms with Gasteiger partial charge in [-0.15, -0.1) is 0 Å². The summed E-state index contributed by atoms with van der Waals surface area (Å²) in [6.07, 6.45) is 0. The van der Waals surface area contributed by atoms with E-state index in [-0.39, 0.29) is 5.41 Å².